The summed E-state index contributed by atoms with van der Waals surface area (Å²) in [6.45, 7) is 6.96. The molecule has 1 atom stereocenters. The third kappa shape index (κ3) is 3.77. The molecule has 2 aromatic rings. The quantitative estimate of drug-likeness (QED) is 0.909. The molecular formula is C16H23ClN4. The van der Waals surface area contributed by atoms with Gasteiger partial charge in [0.2, 0.25) is 0 Å². The Hall–Kier alpha value is -1.52. The van der Waals surface area contributed by atoms with Crippen LogP contribution in [0.4, 0.5) is 5.69 Å². The van der Waals surface area contributed by atoms with E-state index in [0.29, 0.717) is 11.6 Å². The zero-order valence-corrected chi connectivity index (χ0v) is 13.8. The van der Waals surface area contributed by atoms with Crippen molar-refractivity contribution in [3.05, 3.63) is 46.7 Å². The van der Waals surface area contributed by atoms with Crippen LogP contribution in [0.15, 0.2) is 30.5 Å². The predicted octanol–water partition coefficient (Wildman–Crippen LogP) is 3.48. The van der Waals surface area contributed by atoms with Gasteiger partial charge in [0.25, 0.3) is 0 Å². The lowest BCUT2D eigenvalue weighted by molar-refractivity contribution is 0.544. The van der Waals surface area contributed by atoms with Crippen molar-refractivity contribution >= 4 is 17.3 Å². The first-order valence-corrected chi connectivity index (χ1v) is 7.45. The normalized spacial score (nSPS) is 13.2. The van der Waals surface area contributed by atoms with Crippen molar-refractivity contribution in [1.29, 1.82) is 0 Å². The molecule has 2 rings (SSSR count). The van der Waals surface area contributed by atoms with Crippen LogP contribution < -0.4 is 11.1 Å². The maximum atomic E-state index is 6.04. The van der Waals surface area contributed by atoms with E-state index in [1.165, 1.54) is 0 Å². The fourth-order valence-electron chi connectivity index (χ4n) is 2.39. The number of rotatable bonds is 4. The molecule has 4 nitrogen and oxygen atoms in total. The summed E-state index contributed by atoms with van der Waals surface area (Å²) in [5.41, 5.74) is 9.11. The molecule has 0 aliphatic rings. The topological polar surface area (TPSA) is 55.9 Å². The fourth-order valence-corrected chi connectivity index (χ4v) is 2.58. The lowest BCUT2D eigenvalue weighted by Gasteiger charge is -2.23. The molecule has 0 fully saturated rings. The molecule has 0 bridgehead atoms. The highest BCUT2D eigenvalue weighted by Gasteiger charge is 2.26. The number of benzene rings is 1. The Kier molecular flexibility index (Phi) is 4.59. The van der Waals surface area contributed by atoms with Crippen LogP contribution in [0.25, 0.3) is 0 Å². The second kappa shape index (κ2) is 6.08. The highest BCUT2D eigenvalue weighted by atomic mass is 35.5. The van der Waals surface area contributed by atoms with E-state index in [2.05, 4.69) is 31.2 Å². The zero-order valence-electron chi connectivity index (χ0n) is 13.0. The van der Waals surface area contributed by atoms with Crippen LogP contribution in [0.3, 0.4) is 0 Å². The van der Waals surface area contributed by atoms with Crippen LogP contribution in [0.5, 0.6) is 0 Å². The van der Waals surface area contributed by atoms with Gasteiger partial charge in [-0.3, -0.25) is 4.68 Å². The van der Waals surface area contributed by atoms with Gasteiger partial charge in [-0.15, -0.1) is 0 Å². The highest BCUT2D eigenvalue weighted by Crippen LogP contribution is 2.30. The van der Waals surface area contributed by atoms with E-state index in [1.54, 1.807) is 0 Å². The minimum atomic E-state index is -0.0278. The van der Waals surface area contributed by atoms with Gasteiger partial charge >= 0.3 is 0 Å². The van der Waals surface area contributed by atoms with Crippen molar-refractivity contribution in [2.45, 2.75) is 32.2 Å². The van der Waals surface area contributed by atoms with Crippen molar-refractivity contribution in [3.8, 4) is 0 Å². The number of halogens is 1. The molecule has 3 N–H and O–H groups in total. The molecule has 21 heavy (non-hydrogen) atoms. The van der Waals surface area contributed by atoms with E-state index in [0.717, 1.165) is 16.9 Å². The number of nitrogens with one attached hydrogen (secondary N) is 1. The van der Waals surface area contributed by atoms with Crippen LogP contribution in [-0.4, -0.2) is 16.3 Å². The van der Waals surface area contributed by atoms with Gasteiger partial charge in [-0.05, 0) is 18.2 Å². The van der Waals surface area contributed by atoms with Crippen LogP contribution in [0, 0.1) is 0 Å². The van der Waals surface area contributed by atoms with Gasteiger partial charge in [0.15, 0.2) is 0 Å². The van der Waals surface area contributed by atoms with Crippen LogP contribution in [-0.2, 0) is 12.5 Å². The molecule has 0 radical (unpaired) electrons. The van der Waals surface area contributed by atoms with Crippen molar-refractivity contribution in [2.24, 2.45) is 12.8 Å². The summed E-state index contributed by atoms with van der Waals surface area (Å²) in [6.07, 6.45) is 2.04. The third-order valence-corrected chi connectivity index (χ3v) is 3.58. The lowest BCUT2D eigenvalue weighted by atomic mass is 9.87. The maximum Gasteiger partial charge on any atom is 0.0731 e. The van der Waals surface area contributed by atoms with E-state index >= 15 is 0 Å². The van der Waals surface area contributed by atoms with E-state index in [1.807, 2.05) is 42.2 Å². The average molecular weight is 307 g/mol. The number of aromatic nitrogens is 2. The first kappa shape index (κ1) is 15.9. The first-order valence-electron chi connectivity index (χ1n) is 7.07. The molecule has 0 amide bonds. The summed E-state index contributed by atoms with van der Waals surface area (Å²) in [4.78, 5) is 0. The molecule has 0 spiro atoms. The second-order valence-electron chi connectivity index (χ2n) is 6.30. The van der Waals surface area contributed by atoms with Gasteiger partial charge in [0, 0.05) is 41.5 Å². The lowest BCUT2D eigenvalue weighted by Crippen LogP contribution is -2.24. The number of nitrogens with zero attached hydrogens (tertiary/aromatic N) is 2. The standard InChI is InChI=1S/C16H23ClN4/c1-16(2,3)15-13(10-21(4)20-15)14(9-18)19-12-7-5-6-11(17)8-12/h5-8,10,14,19H,9,18H2,1-4H3. The maximum absolute atomic E-state index is 6.04. The molecular weight excluding hydrogens is 284 g/mol. The summed E-state index contributed by atoms with van der Waals surface area (Å²) in [7, 11) is 1.94. The van der Waals surface area contributed by atoms with Gasteiger partial charge in [-0.1, -0.05) is 38.4 Å². The zero-order chi connectivity index (χ0) is 15.6. The Morgan fingerprint density at radius 1 is 1.38 bits per heavy atom. The SMILES string of the molecule is Cn1cc(C(CN)Nc2cccc(Cl)c2)c(C(C)(C)C)n1. The summed E-state index contributed by atoms with van der Waals surface area (Å²) in [5, 5.41) is 8.76. The summed E-state index contributed by atoms with van der Waals surface area (Å²) in [6, 6.07) is 7.67. The van der Waals surface area contributed by atoms with E-state index in [-0.39, 0.29) is 11.5 Å². The van der Waals surface area contributed by atoms with Crippen LogP contribution in [0.2, 0.25) is 5.02 Å². The van der Waals surface area contributed by atoms with Crippen LogP contribution >= 0.6 is 11.6 Å². The summed E-state index contributed by atoms with van der Waals surface area (Å²) >= 11 is 6.04. The van der Waals surface area contributed by atoms with Crippen molar-refractivity contribution in [1.82, 2.24) is 9.78 Å². The smallest absolute Gasteiger partial charge is 0.0731 e. The van der Waals surface area contributed by atoms with Gasteiger partial charge < -0.3 is 11.1 Å². The average Bonchev–Trinajstić information content (AvgIpc) is 2.78. The molecule has 1 unspecified atom stereocenters. The fraction of sp³-hybridized carbons (Fsp3) is 0.438. The first-order chi connectivity index (χ1) is 9.81. The Morgan fingerprint density at radius 3 is 2.67 bits per heavy atom. The Labute approximate surface area is 131 Å². The number of nitrogens with two attached hydrogens (primary N) is 1. The molecule has 0 aliphatic carbocycles. The molecule has 1 heterocycles. The number of aryl methyl sites for hydroxylation is 1. The Bertz CT molecular complexity index is 613. The third-order valence-electron chi connectivity index (χ3n) is 3.34. The van der Waals surface area contributed by atoms with E-state index < -0.39 is 0 Å². The summed E-state index contributed by atoms with van der Waals surface area (Å²) < 4.78 is 1.85. The largest absolute Gasteiger partial charge is 0.377 e. The number of anilines is 1. The number of hydrogen-bond donors (Lipinski definition) is 2. The molecule has 0 saturated heterocycles. The van der Waals surface area contributed by atoms with Crippen molar-refractivity contribution < 1.29 is 0 Å². The molecule has 5 heteroatoms. The second-order valence-corrected chi connectivity index (χ2v) is 6.74. The van der Waals surface area contributed by atoms with Crippen molar-refractivity contribution in [2.75, 3.05) is 11.9 Å². The highest BCUT2D eigenvalue weighted by molar-refractivity contribution is 6.30. The Balaban J connectivity index is 2.34. The van der Waals surface area contributed by atoms with Crippen LogP contribution in [0.1, 0.15) is 38.1 Å². The number of hydrogen-bond acceptors (Lipinski definition) is 3. The molecule has 0 aliphatic heterocycles. The van der Waals surface area contributed by atoms with E-state index in [9.17, 15) is 0 Å². The predicted molar refractivity (Wildman–Crippen MR) is 88.8 cm³/mol. The monoisotopic (exact) mass is 306 g/mol. The summed E-state index contributed by atoms with van der Waals surface area (Å²) in [5.74, 6) is 0. The van der Waals surface area contributed by atoms with Gasteiger partial charge in [-0.2, -0.15) is 5.10 Å². The molecule has 1 aromatic carbocycles. The minimum Gasteiger partial charge on any atom is -0.377 e. The van der Waals surface area contributed by atoms with E-state index in [4.69, 9.17) is 17.3 Å². The van der Waals surface area contributed by atoms with Gasteiger partial charge in [-0.25, -0.2) is 0 Å². The minimum absolute atomic E-state index is 0.00592. The Morgan fingerprint density at radius 2 is 2.10 bits per heavy atom. The van der Waals surface area contributed by atoms with Gasteiger partial charge in [0.05, 0.1) is 11.7 Å². The van der Waals surface area contributed by atoms with Gasteiger partial charge in [0.1, 0.15) is 0 Å². The molecule has 114 valence electrons. The van der Waals surface area contributed by atoms with Crippen molar-refractivity contribution in [3.63, 3.8) is 0 Å². The molecule has 0 saturated carbocycles. The molecule has 1 aromatic heterocycles.